The van der Waals surface area contributed by atoms with Crippen LogP contribution in [0.3, 0.4) is 0 Å². The molecule has 0 aliphatic carbocycles. The van der Waals surface area contributed by atoms with Gasteiger partial charge in [-0.2, -0.15) is 4.31 Å². The number of morpholine rings is 1. The van der Waals surface area contributed by atoms with Crippen LogP contribution in [-0.4, -0.2) is 64.6 Å². The fourth-order valence-electron chi connectivity index (χ4n) is 3.02. The fraction of sp³-hybridized carbons (Fsp3) is 0.562. The summed E-state index contributed by atoms with van der Waals surface area (Å²) in [4.78, 5) is 12.3. The van der Waals surface area contributed by atoms with Gasteiger partial charge in [0.2, 0.25) is 15.9 Å². The molecule has 2 fully saturated rings. The van der Waals surface area contributed by atoms with Crippen molar-refractivity contribution in [2.24, 2.45) is 0 Å². The molecule has 2 N–H and O–H groups in total. The number of hydrogen-bond acceptors (Lipinski definition) is 6. The number of nitrogens with zero attached hydrogens (tertiary/aromatic N) is 1. The van der Waals surface area contributed by atoms with Gasteiger partial charge in [-0.15, -0.1) is 0 Å². The molecule has 25 heavy (non-hydrogen) atoms. The molecule has 138 valence electrons. The lowest BCUT2D eigenvalue weighted by atomic mass is 10.2. The molecular formula is C16H23N3O5S. The van der Waals surface area contributed by atoms with Crippen molar-refractivity contribution in [3.63, 3.8) is 0 Å². The van der Waals surface area contributed by atoms with Gasteiger partial charge in [-0.3, -0.25) is 4.79 Å². The van der Waals surface area contributed by atoms with Crippen molar-refractivity contribution in [2.45, 2.75) is 23.8 Å². The Bertz CT molecular complexity index is 725. The summed E-state index contributed by atoms with van der Waals surface area (Å²) in [5, 5.41) is 5.90. The van der Waals surface area contributed by atoms with E-state index < -0.39 is 10.0 Å². The molecule has 0 aromatic heterocycles. The van der Waals surface area contributed by atoms with Crippen LogP contribution < -0.4 is 15.4 Å². The molecule has 2 saturated heterocycles. The van der Waals surface area contributed by atoms with E-state index in [0.717, 1.165) is 19.4 Å². The molecule has 0 radical (unpaired) electrons. The summed E-state index contributed by atoms with van der Waals surface area (Å²) in [6, 6.07) is 4.42. The number of anilines is 1. The predicted octanol–water partition coefficient (Wildman–Crippen LogP) is 0.407. The normalized spacial score (nSPS) is 21.9. The first-order valence-electron chi connectivity index (χ1n) is 8.32. The number of carbonyl (C=O) groups excluding carboxylic acids is 1. The van der Waals surface area contributed by atoms with Gasteiger partial charge in [0.25, 0.3) is 0 Å². The summed E-state index contributed by atoms with van der Waals surface area (Å²) < 4.78 is 37.7. The summed E-state index contributed by atoms with van der Waals surface area (Å²) in [5.74, 6) is 0.0980. The molecule has 1 aromatic rings. The maximum atomic E-state index is 12.9. The van der Waals surface area contributed by atoms with E-state index >= 15 is 0 Å². The van der Waals surface area contributed by atoms with Crippen LogP contribution in [0, 0.1) is 0 Å². The Labute approximate surface area is 147 Å². The zero-order chi connectivity index (χ0) is 17.9. The molecule has 1 unspecified atom stereocenters. The molecule has 0 bridgehead atoms. The Balaban J connectivity index is 1.85. The zero-order valence-corrected chi connectivity index (χ0v) is 15.0. The molecule has 3 rings (SSSR count). The monoisotopic (exact) mass is 369 g/mol. The summed E-state index contributed by atoms with van der Waals surface area (Å²) in [5.41, 5.74) is 0.436. The number of nitrogens with one attached hydrogen (secondary N) is 2. The highest BCUT2D eigenvalue weighted by Crippen LogP contribution is 2.30. The second-order valence-electron chi connectivity index (χ2n) is 6.02. The third-order valence-electron chi connectivity index (χ3n) is 4.40. The van der Waals surface area contributed by atoms with Crippen LogP contribution >= 0.6 is 0 Å². The lowest BCUT2D eigenvalue weighted by Gasteiger charge is -2.27. The average molecular weight is 369 g/mol. The first-order chi connectivity index (χ1) is 12.0. The van der Waals surface area contributed by atoms with Gasteiger partial charge in [-0.25, -0.2) is 8.42 Å². The van der Waals surface area contributed by atoms with E-state index in [-0.39, 0.29) is 22.6 Å². The highest BCUT2D eigenvalue weighted by molar-refractivity contribution is 7.89. The van der Waals surface area contributed by atoms with E-state index in [4.69, 9.17) is 9.47 Å². The van der Waals surface area contributed by atoms with Crippen molar-refractivity contribution < 1.29 is 22.7 Å². The van der Waals surface area contributed by atoms with Crippen molar-refractivity contribution in [3.8, 4) is 5.75 Å². The van der Waals surface area contributed by atoms with Gasteiger partial charge >= 0.3 is 0 Å². The van der Waals surface area contributed by atoms with Crippen molar-refractivity contribution in [1.82, 2.24) is 9.62 Å². The number of carbonyl (C=O) groups is 1. The average Bonchev–Trinajstić information content (AvgIpc) is 3.17. The number of methoxy groups -OCH3 is 1. The van der Waals surface area contributed by atoms with Gasteiger partial charge < -0.3 is 20.1 Å². The molecule has 2 aliphatic rings. The summed E-state index contributed by atoms with van der Waals surface area (Å²) >= 11 is 0. The van der Waals surface area contributed by atoms with Crippen LogP contribution in [0.25, 0.3) is 0 Å². The number of benzene rings is 1. The van der Waals surface area contributed by atoms with Crippen molar-refractivity contribution >= 4 is 21.6 Å². The molecule has 9 heteroatoms. The van der Waals surface area contributed by atoms with Crippen LogP contribution in [0.15, 0.2) is 23.1 Å². The maximum absolute atomic E-state index is 12.9. The van der Waals surface area contributed by atoms with E-state index in [1.165, 1.54) is 17.5 Å². The van der Waals surface area contributed by atoms with Crippen LogP contribution in [0.4, 0.5) is 5.69 Å². The topological polar surface area (TPSA) is 97.0 Å². The Kier molecular flexibility index (Phi) is 5.57. The van der Waals surface area contributed by atoms with E-state index in [1.807, 2.05) is 0 Å². The van der Waals surface area contributed by atoms with Gasteiger partial charge in [0.05, 0.1) is 26.4 Å². The van der Waals surface area contributed by atoms with Crippen LogP contribution in [0.1, 0.15) is 12.8 Å². The Morgan fingerprint density at radius 2 is 2.12 bits per heavy atom. The molecule has 0 spiro atoms. The van der Waals surface area contributed by atoms with Crippen LogP contribution in [-0.2, 0) is 19.6 Å². The molecule has 1 aromatic carbocycles. The Morgan fingerprint density at radius 3 is 2.76 bits per heavy atom. The molecule has 2 heterocycles. The zero-order valence-electron chi connectivity index (χ0n) is 14.2. The SMILES string of the molecule is COc1ccc(NC(=O)C2CCCN2)cc1S(=O)(=O)N1CCOCC1. The minimum absolute atomic E-state index is 0.0501. The van der Waals surface area contributed by atoms with Gasteiger partial charge in [0.15, 0.2) is 0 Å². The van der Waals surface area contributed by atoms with E-state index in [0.29, 0.717) is 32.0 Å². The lowest BCUT2D eigenvalue weighted by molar-refractivity contribution is -0.117. The number of rotatable bonds is 5. The third-order valence-corrected chi connectivity index (χ3v) is 6.32. The second-order valence-corrected chi connectivity index (χ2v) is 7.93. The highest BCUT2D eigenvalue weighted by atomic mass is 32.2. The molecule has 0 saturated carbocycles. The standard InChI is InChI=1S/C16H23N3O5S/c1-23-14-5-4-12(18-16(20)13-3-2-6-17-13)11-15(14)25(21,22)19-7-9-24-10-8-19/h4-5,11,13,17H,2-3,6-10H2,1H3,(H,18,20). The van der Waals surface area contributed by atoms with Crippen molar-refractivity contribution in [1.29, 1.82) is 0 Å². The van der Waals surface area contributed by atoms with Crippen molar-refractivity contribution in [3.05, 3.63) is 18.2 Å². The second kappa shape index (κ2) is 7.69. The van der Waals surface area contributed by atoms with Crippen LogP contribution in [0.2, 0.25) is 0 Å². The summed E-state index contributed by atoms with van der Waals surface area (Å²) in [6.07, 6.45) is 1.73. The summed E-state index contributed by atoms with van der Waals surface area (Å²) in [7, 11) is -2.30. The quantitative estimate of drug-likeness (QED) is 0.780. The minimum atomic E-state index is -3.72. The smallest absolute Gasteiger partial charge is 0.246 e. The number of amides is 1. The highest BCUT2D eigenvalue weighted by Gasteiger charge is 2.30. The Morgan fingerprint density at radius 1 is 1.36 bits per heavy atom. The number of hydrogen-bond donors (Lipinski definition) is 2. The number of sulfonamides is 1. The first kappa shape index (κ1) is 18.1. The maximum Gasteiger partial charge on any atom is 0.246 e. The largest absolute Gasteiger partial charge is 0.495 e. The predicted molar refractivity (Wildman–Crippen MR) is 92.2 cm³/mol. The minimum Gasteiger partial charge on any atom is -0.495 e. The van der Waals surface area contributed by atoms with Gasteiger partial charge in [-0.1, -0.05) is 0 Å². The van der Waals surface area contributed by atoms with Crippen LogP contribution in [0.5, 0.6) is 5.75 Å². The molecular weight excluding hydrogens is 346 g/mol. The third kappa shape index (κ3) is 3.95. The van der Waals surface area contributed by atoms with Crippen molar-refractivity contribution in [2.75, 3.05) is 45.3 Å². The molecule has 1 atom stereocenters. The number of ether oxygens (including phenoxy) is 2. The first-order valence-corrected chi connectivity index (χ1v) is 9.76. The van der Waals surface area contributed by atoms with Gasteiger partial charge in [0.1, 0.15) is 10.6 Å². The van der Waals surface area contributed by atoms with E-state index in [9.17, 15) is 13.2 Å². The molecule has 1 amide bonds. The fourth-order valence-corrected chi connectivity index (χ4v) is 4.61. The van der Waals surface area contributed by atoms with E-state index in [1.54, 1.807) is 12.1 Å². The molecule has 8 nitrogen and oxygen atoms in total. The van der Waals surface area contributed by atoms with Gasteiger partial charge in [-0.05, 0) is 37.6 Å². The van der Waals surface area contributed by atoms with Gasteiger partial charge in [0, 0.05) is 18.8 Å². The molecule has 2 aliphatic heterocycles. The lowest BCUT2D eigenvalue weighted by Crippen LogP contribution is -2.40. The Hall–Kier alpha value is -1.68. The summed E-state index contributed by atoms with van der Waals surface area (Å²) in [6.45, 7) is 2.15. The van der Waals surface area contributed by atoms with E-state index in [2.05, 4.69) is 10.6 Å².